The van der Waals surface area contributed by atoms with E-state index in [4.69, 9.17) is 4.74 Å². The first-order valence-corrected chi connectivity index (χ1v) is 6.78. The van der Waals surface area contributed by atoms with Crippen LogP contribution >= 0.6 is 0 Å². The summed E-state index contributed by atoms with van der Waals surface area (Å²) in [6.45, 7) is 5.07. The maximum absolute atomic E-state index is 12.2. The summed E-state index contributed by atoms with van der Waals surface area (Å²) in [6, 6.07) is 0.457. The number of piperidine rings is 1. The van der Waals surface area contributed by atoms with Gasteiger partial charge in [0.15, 0.2) is 0 Å². The van der Waals surface area contributed by atoms with Crippen LogP contribution in [0, 0.1) is 0 Å². The molecule has 0 aromatic rings. The van der Waals surface area contributed by atoms with Crippen molar-refractivity contribution in [3.05, 3.63) is 0 Å². The molecule has 5 nitrogen and oxygen atoms in total. The molecule has 1 aliphatic heterocycles. The molecule has 0 aromatic carbocycles. The lowest BCUT2D eigenvalue weighted by Crippen LogP contribution is -2.60. The Balaban J connectivity index is 2.02. The lowest BCUT2D eigenvalue weighted by atomic mass is 9.87. The summed E-state index contributed by atoms with van der Waals surface area (Å²) in [5.41, 5.74) is -0.566. The van der Waals surface area contributed by atoms with E-state index in [1.807, 2.05) is 6.92 Å². The van der Waals surface area contributed by atoms with Crippen LogP contribution in [0.5, 0.6) is 0 Å². The highest BCUT2D eigenvalue weighted by molar-refractivity contribution is 5.82. The molecule has 0 atom stereocenters. The van der Waals surface area contributed by atoms with Crippen LogP contribution in [0.15, 0.2) is 0 Å². The number of hydrogen-bond donors (Lipinski definition) is 1. The molecule has 1 aliphatic carbocycles. The van der Waals surface area contributed by atoms with E-state index in [1.165, 1.54) is 0 Å². The van der Waals surface area contributed by atoms with Crippen LogP contribution in [-0.4, -0.2) is 48.1 Å². The molecular formula is C13H22N2O3. The summed E-state index contributed by atoms with van der Waals surface area (Å²) < 4.78 is 5.20. The molecule has 0 spiro atoms. The fourth-order valence-electron chi connectivity index (χ4n) is 2.50. The highest BCUT2D eigenvalue weighted by Crippen LogP contribution is 2.30. The van der Waals surface area contributed by atoms with Crippen molar-refractivity contribution < 1.29 is 14.3 Å². The summed E-state index contributed by atoms with van der Waals surface area (Å²) in [6.07, 6.45) is 3.58. The maximum atomic E-state index is 12.2. The van der Waals surface area contributed by atoms with E-state index >= 15 is 0 Å². The molecule has 1 saturated carbocycles. The lowest BCUT2D eigenvalue weighted by Gasteiger charge is -2.40. The average molecular weight is 254 g/mol. The van der Waals surface area contributed by atoms with E-state index in [0.29, 0.717) is 38.6 Å². The van der Waals surface area contributed by atoms with Crippen molar-refractivity contribution in [1.29, 1.82) is 0 Å². The minimum Gasteiger partial charge on any atom is -0.465 e. The van der Waals surface area contributed by atoms with E-state index in [9.17, 15) is 9.59 Å². The van der Waals surface area contributed by atoms with Crippen molar-refractivity contribution in [2.24, 2.45) is 0 Å². The van der Waals surface area contributed by atoms with Crippen LogP contribution in [0.3, 0.4) is 0 Å². The van der Waals surface area contributed by atoms with E-state index in [2.05, 4.69) is 5.32 Å². The Morgan fingerprint density at radius 1 is 1.33 bits per heavy atom. The van der Waals surface area contributed by atoms with Gasteiger partial charge in [-0.15, -0.1) is 0 Å². The predicted molar refractivity (Wildman–Crippen MR) is 67.0 cm³/mol. The Hall–Kier alpha value is -1.10. The number of rotatable bonds is 4. The zero-order valence-electron chi connectivity index (χ0n) is 11.2. The second-order valence-corrected chi connectivity index (χ2v) is 5.23. The molecule has 0 unspecified atom stereocenters. The van der Waals surface area contributed by atoms with E-state index in [0.717, 1.165) is 12.8 Å². The summed E-state index contributed by atoms with van der Waals surface area (Å²) in [5.74, 6) is -0.0704. The number of carbonyl (C=O) groups excluding carboxylic acids is 2. The fourth-order valence-corrected chi connectivity index (χ4v) is 2.50. The molecule has 2 fully saturated rings. The van der Waals surface area contributed by atoms with Gasteiger partial charge >= 0.3 is 5.97 Å². The van der Waals surface area contributed by atoms with Crippen molar-refractivity contribution in [3.8, 4) is 0 Å². The molecule has 102 valence electrons. The Morgan fingerprint density at radius 3 is 2.39 bits per heavy atom. The Labute approximate surface area is 108 Å². The number of hydrogen-bond acceptors (Lipinski definition) is 4. The van der Waals surface area contributed by atoms with Crippen LogP contribution < -0.4 is 5.32 Å². The van der Waals surface area contributed by atoms with E-state index in [-0.39, 0.29) is 11.9 Å². The SMILES string of the molecule is CCOC(=O)C1(NC2CC2)CCN(C(C)=O)CC1. The molecule has 0 bridgehead atoms. The van der Waals surface area contributed by atoms with Crippen LogP contribution in [-0.2, 0) is 14.3 Å². The second-order valence-electron chi connectivity index (χ2n) is 5.23. The summed E-state index contributed by atoms with van der Waals surface area (Å²) in [5, 5.41) is 3.44. The predicted octanol–water partition coefficient (Wildman–Crippen LogP) is 0.683. The molecule has 0 radical (unpaired) electrons. The van der Waals surface area contributed by atoms with Crippen LogP contribution in [0.25, 0.3) is 0 Å². The number of ether oxygens (including phenoxy) is 1. The minimum absolute atomic E-state index is 0.0823. The summed E-state index contributed by atoms with van der Waals surface area (Å²) in [7, 11) is 0. The third kappa shape index (κ3) is 2.83. The smallest absolute Gasteiger partial charge is 0.326 e. The molecule has 1 N–H and O–H groups in total. The van der Waals surface area contributed by atoms with Gasteiger partial charge in [-0.05, 0) is 32.6 Å². The van der Waals surface area contributed by atoms with Crippen molar-refractivity contribution in [1.82, 2.24) is 10.2 Å². The highest BCUT2D eigenvalue weighted by atomic mass is 16.5. The molecule has 5 heteroatoms. The Bertz CT molecular complexity index is 331. The molecule has 1 heterocycles. The molecule has 1 saturated heterocycles. The number of nitrogens with zero attached hydrogens (tertiary/aromatic N) is 1. The normalized spacial score (nSPS) is 22.7. The first-order chi connectivity index (χ1) is 8.57. The Morgan fingerprint density at radius 2 is 1.94 bits per heavy atom. The summed E-state index contributed by atoms with van der Waals surface area (Å²) in [4.78, 5) is 25.3. The fraction of sp³-hybridized carbons (Fsp3) is 0.846. The van der Waals surface area contributed by atoms with E-state index in [1.54, 1.807) is 11.8 Å². The first-order valence-electron chi connectivity index (χ1n) is 6.78. The van der Waals surface area contributed by atoms with Gasteiger partial charge in [-0.25, -0.2) is 0 Å². The minimum atomic E-state index is -0.566. The largest absolute Gasteiger partial charge is 0.465 e. The number of esters is 1. The van der Waals surface area contributed by atoms with Crippen LogP contribution in [0.2, 0.25) is 0 Å². The number of amides is 1. The zero-order chi connectivity index (χ0) is 13.2. The quantitative estimate of drug-likeness (QED) is 0.750. The Kier molecular flexibility index (Phi) is 3.90. The third-order valence-electron chi connectivity index (χ3n) is 3.79. The molecule has 2 rings (SSSR count). The van der Waals surface area contributed by atoms with Crippen molar-refractivity contribution >= 4 is 11.9 Å². The number of nitrogens with one attached hydrogen (secondary N) is 1. The monoisotopic (exact) mass is 254 g/mol. The van der Waals surface area contributed by atoms with Crippen molar-refractivity contribution in [3.63, 3.8) is 0 Å². The molecule has 2 aliphatic rings. The van der Waals surface area contributed by atoms with Gasteiger partial charge in [-0.2, -0.15) is 0 Å². The lowest BCUT2D eigenvalue weighted by molar-refractivity contribution is -0.155. The zero-order valence-corrected chi connectivity index (χ0v) is 11.2. The van der Waals surface area contributed by atoms with Crippen LogP contribution in [0.4, 0.5) is 0 Å². The van der Waals surface area contributed by atoms with Gasteiger partial charge in [-0.3, -0.25) is 14.9 Å². The second kappa shape index (κ2) is 5.26. The van der Waals surface area contributed by atoms with Crippen molar-refractivity contribution in [2.75, 3.05) is 19.7 Å². The molecule has 1 amide bonds. The summed E-state index contributed by atoms with van der Waals surface area (Å²) >= 11 is 0. The topological polar surface area (TPSA) is 58.6 Å². The van der Waals surface area contributed by atoms with Gasteiger partial charge in [0.25, 0.3) is 0 Å². The number of likely N-dealkylation sites (tertiary alicyclic amines) is 1. The number of carbonyl (C=O) groups is 2. The standard InChI is InChI=1S/C13H22N2O3/c1-3-18-12(17)13(14-11-4-5-11)6-8-15(9-7-13)10(2)16/h11,14H,3-9H2,1-2H3. The van der Waals surface area contributed by atoms with Gasteiger partial charge in [-0.1, -0.05) is 0 Å². The molecular weight excluding hydrogens is 232 g/mol. The van der Waals surface area contributed by atoms with Gasteiger partial charge in [0, 0.05) is 26.1 Å². The third-order valence-corrected chi connectivity index (χ3v) is 3.79. The van der Waals surface area contributed by atoms with Crippen molar-refractivity contribution in [2.45, 2.75) is 51.1 Å². The first kappa shape index (κ1) is 13.3. The molecule has 0 aromatic heterocycles. The van der Waals surface area contributed by atoms with E-state index < -0.39 is 5.54 Å². The average Bonchev–Trinajstić information content (AvgIpc) is 3.14. The van der Waals surface area contributed by atoms with Gasteiger partial charge in [0.2, 0.25) is 5.91 Å². The molecule has 18 heavy (non-hydrogen) atoms. The van der Waals surface area contributed by atoms with Crippen LogP contribution in [0.1, 0.15) is 39.5 Å². The van der Waals surface area contributed by atoms with Gasteiger partial charge < -0.3 is 9.64 Å². The van der Waals surface area contributed by atoms with Gasteiger partial charge in [0.05, 0.1) is 6.61 Å². The van der Waals surface area contributed by atoms with Gasteiger partial charge in [0.1, 0.15) is 5.54 Å². The maximum Gasteiger partial charge on any atom is 0.326 e. The highest BCUT2D eigenvalue weighted by Gasteiger charge is 2.46.